The highest BCUT2D eigenvalue weighted by atomic mass is 32.2. The Morgan fingerprint density at radius 3 is 2.45 bits per heavy atom. The second-order valence-electron chi connectivity index (χ2n) is 2.44. The van der Waals surface area contributed by atoms with Crippen LogP contribution in [0.1, 0.15) is 11.1 Å². The molecule has 0 heterocycles. The minimum Gasteiger partial charge on any atom is -0.227 e. The molecule has 11 heavy (non-hydrogen) atoms. The van der Waals surface area contributed by atoms with Gasteiger partial charge in [-0.05, 0) is 43.2 Å². The van der Waals surface area contributed by atoms with Crippen LogP contribution in [0.3, 0.4) is 0 Å². The van der Waals surface area contributed by atoms with Gasteiger partial charge in [0.1, 0.15) is 0 Å². The van der Waals surface area contributed by atoms with Crippen LogP contribution in [-0.4, -0.2) is 8.42 Å². The molecule has 59 valence electrons. The number of benzene rings is 1. The average molecular weight is 169 g/mol. The SMILES string of the molecule is Cc1[c]cc(C)c([SH](=O)=O)c1. The van der Waals surface area contributed by atoms with Gasteiger partial charge in [-0.15, -0.1) is 0 Å². The van der Waals surface area contributed by atoms with Gasteiger partial charge in [0.25, 0.3) is 0 Å². The fraction of sp³-hybridized carbons (Fsp3) is 0.250. The Bertz CT molecular complexity index is 332. The largest absolute Gasteiger partial charge is 0.227 e. The van der Waals surface area contributed by atoms with E-state index in [1.54, 1.807) is 19.1 Å². The van der Waals surface area contributed by atoms with E-state index in [2.05, 4.69) is 6.07 Å². The number of hydrogen-bond donors (Lipinski definition) is 1. The smallest absolute Gasteiger partial charge is 0.168 e. The van der Waals surface area contributed by atoms with Gasteiger partial charge < -0.3 is 0 Å². The van der Waals surface area contributed by atoms with Crippen LogP contribution in [0.2, 0.25) is 0 Å². The number of rotatable bonds is 1. The third-order valence-electron chi connectivity index (χ3n) is 1.47. The molecule has 0 aromatic heterocycles. The van der Waals surface area contributed by atoms with Crippen molar-refractivity contribution in [1.82, 2.24) is 0 Å². The summed E-state index contributed by atoms with van der Waals surface area (Å²) in [6, 6.07) is 6.24. The Kier molecular flexibility index (Phi) is 2.29. The standard InChI is InChI=1S/C8H9O2S/c1-6-3-4-7(2)8(5-6)11(9)10/h4-5,11H,1-2H3. The lowest BCUT2D eigenvalue weighted by molar-refractivity contribution is 0.614. The molecule has 0 bridgehead atoms. The van der Waals surface area contributed by atoms with E-state index in [4.69, 9.17) is 0 Å². The Hall–Kier alpha value is -0.830. The van der Waals surface area contributed by atoms with E-state index in [0.717, 1.165) is 11.1 Å². The summed E-state index contributed by atoms with van der Waals surface area (Å²) in [5, 5.41) is 0. The Balaban J connectivity index is 3.35. The van der Waals surface area contributed by atoms with Gasteiger partial charge in [-0.2, -0.15) is 0 Å². The van der Waals surface area contributed by atoms with Crippen LogP contribution in [0.15, 0.2) is 17.0 Å². The van der Waals surface area contributed by atoms with Crippen molar-refractivity contribution in [3.63, 3.8) is 0 Å². The fourth-order valence-electron chi connectivity index (χ4n) is 0.853. The average Bonchev–Trinajstić information content (AvgIpc) is 1.94. The van der Waals surface area contributed by atoms with Crippen molar-refractivity contribution in [3.8, 4) is 0 Å². The van der Waals surface area contributed by atoms with Crippen LogP contribution in [0.5, 0.6) is 0 Å². The Morgan fingerprint density at radius 2 is 2.00 bits per heavy atom. The molecule has 0 unspecified atom stereocenters. The van der Waals surface area contributed by atoms with Gasteiger partial charge in [0.05, 0.1) is 4.90 Å². The summed E-state index contributed by atoms with van der Waals surface area (Å²) in [5.74, 6) is 0. The summed E-state index contributed by atoms with van der Waals surface area (Å²) >= 11 is 0. The van der Waals surface area contributed by atoms with E-state index < -0.39 is 10.7 Å². The third-order valence-corrected chi connectivity index (χ3v) is 2.35. The molecule has 3 heteroatoms. The van der Waals surface area contributed by atoms with E-state index in [-0.39, 0.29) is 0 Å². The van der Waals surface area contributed by atoms with Gasteiger partial charge in [0, 0.05) is 0 Å². The van der Waals surface area contributed by atoms with E-state index in [1.165, 1.54) is 0 Å². The quantitative estimate of drug-likeness (QED) is 0.638. The summed E-state index contributed by atoms with van der Waals surface area (Å²) in [4.78, 5) is 0.399. The van der Waals surface area contributed by atoms with Gasteiger partial charge >= 0.3 is 0 Å². The monoisotopic (exact) mass is 169 g/mol. The molecule has 0 amide bonds. The van der Waals surface area contributed by atoms with Crippen molar-refractivity contribution in [1.29, 1.82) is 0 Å². The Morgan fingerprint density at radius 1 is 1.36 bits per heavy atom. The molecular formula is C8H9O2S. The molecule has 2 nitrogen and oxygen atoms in total. The first-order valence-corrected chi connectivity index (χ1v) is 4.42. The van der Waals surface area contributed by atoms with E-state index in [9.17, 15) is 8.42 Å². The lowest BCUT2D eigenvalue weighted by Crippen LogP contribution is -1.86. The summed E-state index contributed by atoms with van der Waals surface area (Å²) in [5.41, 5.74) is 1.61. The number of thiol groups is 1. The number of hydrogen-bond acceptors (Lipinski definition) is 2. The van der Waals surface area contributed by atoms with Crippen molar-refractivity contribution in [3.05, 3.63) is 29.3 Å². The van der Waals surface area contributed by atoms with Gasteiger partial charge in [0.2, 0.25) is 0 Å². The van der Waals surface area contributed by atoms with Crippen molar-refractivity contribution in [2.75, 3.05) is 0 Å². The molecule has 0 N–H and O–H groups in total. The van der Waals surface area contributed by atoms with Crippen molar-refractivity contribution in [2.45, 2.75) is 18.7 Å². The second kappa shape index (κ2) is 3.05. The summed E-state index contributed by atoms with van der Waals surface area (Å²) in [6.07, 6.45) is 0. The zero-order chi connectivity index (χ0) is 8.43. The minimum absolute atomic E-state index is 0.399. The highest BCUT2D eigenvalue weighted by Gasteiger charge is 1.99. The zero-order valence-electron chi connectivity index (χ0n) is 6.42. The topological polar surface area (TPSA) is 34.1 Å². The third kappa shape index (κ3) is 1.80. The lowest BCUT2D eigenvalue weighted by Gasteiger charge is -1.97. The lowest BCUT2D eigenvalue weighted by atomic mass is 10.2. The van der Waals surface area contributed by atoms with Gasteiger partial charge in [-0.3, -0.25) is 0 Å². The predicted octanol–water partition coefficient (Wildman–Crippen LogP) is 1.07. The maximum Gasteiger partial charge on any atom is 0.168 e. The minimum atomic E-state index is -2.45. The summed E-state index contributed by atoms with van der Waals surface area (Å²) in [6.45, 7) is 3.58. The fourth-order valence-corrected chi connectivity index (χ4v) is 1.50. The molecule has 0 fully saturated rings. The number of aryl methyl sites for hydroxylation is 2. The van der Waals surface area contributed by atoms with Gasteiger partial charge in [-0.1, -0.05) is 0 Å². The van der Waals surface area contributed by atoms with E-state index in [0.29, 0.717) is 4.90 Å². The molecule has 1 rings (SSSR count). The van der Waals surface area contributed by atoms with E-state index >= 15 is 0 Å². The van der Waals surface area contributed by atoms with Crippen LogP contribution in [0, 0.1) is 19.9 Å². The second-order valence-corrected chi connectivity index (χ2v) is 3.44. The molecule has 1 aromatic carbocycles. The maximum atomic E-state index is 10.6. The van der Waals surface area contributed by atoms with Crippen LogP contribution in [0.4, 0.5) is 0 Å². The van der Waals surface area contributed by atoms with Gasteiger partial charge in [-0.25, -0.2) is 8.42 Å². The molecule has 0 aliphatic carbocycles. The van der Waals surface area contributed by atoms with Crippen molar-refractivity contribution < 1.29 is 8.42 Å². The maximum absolute atomic E-state index is 10.6. The normalized spacial score (nSPS) is 10.5. The zero-order valence-corrected chi connectivity index (χ0v) is 7.31. The predicted molar refractivity (Wildman–Crippen MR) is 43.3 cm³/mol. The molecule has 1 aromatic rings. The van der Waals surface area contributed by atoms with Gasteiger partial charge in [0.15, 0.2) is 10.7 Å². The molecule has 0 saturated heterocycles. The molecule has 1 radical (unpaired) electrons. The highest BCUT2D eigenvalue weighted by Crippen LogP contribution is 2.10. The van der Waals surface area contributed by atoms with Crippen LogP contribution < -0.4 is 0 Å². The van der Waals surface area contributed by atoms with Crippen LogP contribution in [0.25, 0.3) is 0 Å². The molecule has 0 atom stereocenters. The van der Waals surface area contributed by atoms with Crippen LogP contribution >= 0.6 is 0 Å². The van der Waals surface area contributed by atoms with Crippen LogP contribution in [-0.2, 0) is 10.7 Å². The van der Waals surface area contributed by atoms with Crippen molar-refractivity contribution in [2.24, 2.45) is 0 Å². The summed E-state index contributed by atoms with van der Waals surface area (Å²) in [7, 11) is -2.45. The first-order valence-electron chi connectivity index (χ1n) is 3.24. The highest BCUT2D eigenvalue weighted by molar-refractivity contribution is 7.72. The first kappa shape index (κ1) is 8.27. The summed E-state index contributed by atoms with van der Waals surface area (Å²) < 4.78 is 21.2. The first-order chi connectivity index (χ1) is 5.11. The molecule has 0 aliphatic rings. The Labute approximate surface area is 67.8 Å². The molecule has 0 saturated carbocycles. The van der Waals surface area contributed by atoms with E-state index in [1.807, 2.05) is 6.92 Å². The van der Waals surface area contributed by atoms with Crippen molar-refractivity contribution >= 4 is 10.7 Å². The molecule has 0 aliphatic heterocycles. The molecular weight excluding hydrogens is 160 g/mol. The molecule has 0 spiro atoms.